The van der Waals surface area contributed by atoms with Crippen molar-refractivity contribution in [3.8, 4) is 0 Å². The van der Waals surface area contributed by atoms with Crippen molar-refractivity contribution in [3.05, 3.63) is 53.6 Å². The average Bonchev–Trinajstić information content (AvgIpc) is 2.95. The van der Waals surface area contributed by atoms with E-state index in [0.717, 1.165) is 68.1 Å². The lowest BCUT2D eigenvalue weighted by molar-refractivity contribution is -0.132. The number of hydrogen-bond donors (Lipinski definition) is 0. The van der Waals surface area contributed by atoms with Crippen LogP contribution in [0, 0.1) is 0 Å². The van der Waals surface area contributed by atoms with E-state index in [4.69, 9.17) is 0 Å². The number of rotatable bonds is 4. The highest BCUT2D eigenvalue weighted by atomic mass is 16.2. The second-order valence-corrected chi connectivity index (χ2v) is 10.5. The van der Waals surface area contributed by atoms with Gasteiger partial charge in [0.2, 0.25) is 17.7 Å². The summed E-state index contributed by atoms with van der Waals surface area (Å²) >= 11 is 0. The van der Waals surface area contributed by atoms with E-state index < -0.39 is 0 Å². The zero-order valence-corrected chi connectivity index (χ0v) is 22.9. The zero-order chi connectivity index (χ0) is 27.1. The van der Waals surface area contributed by atoms with E-state index in [1.807, 2.05) is 45.2 Å². The maximum absolute atomic E-state index is 13.4. The number of nitrogens with zero attached hydrogens (tertiary/aromatic N) is 6. The third-order valence-electron chi connectivity index (χ3n) is 7.73. The number of likely N-dealkylation sites (tertiary alicyclic amines) is 1. The van der Waals surface area contributed by atoms with Crippen molar-refractivity contribution in [2.75, 3.05) is 51.2 Å². The number of benzene rings is 1. The Labute approximate surface area is 225 Å². The van der Waals surface area contributed by atoms with Gasteiger partial charge >= 0.3 is 0 Å². The summed E-state index contributed by atoms with van der Waals surface area (Å²) in [4.78, 5) is 54.5. The number of anilines is 1. The van der Waals surface area contributed by atoms with Crippen molar-refractivity contribution < 1.29 is 14.4 Å². The Morgan fingerprint density at radius 1 is 0.868 bits per heavy atom. The quantitative estimate of drug-likeness (QED) is 0.616. The molecule has 0 bridgehead atoms. The van der Waals surface area contributed by atoms with Gasteiger partial charge in [0, 0.05) is 83.5 Å². The molecule has 3 heterocycles. The summed E-state index contributed by atoms with van der Waals surface area (Å²) in [6.07, 6.45) is 7.19. The van der Waals surface area contributed by atoms with Crippen molar-refractivity contribution in [2.24, 2.45) is 0 Å². The molecule has 2 aromatic rings. The lowest BCUT2D eigenvalue weighted by Gasteiger charge is -2.30. The monoisotopic (exact) mass is 520 g/mol. The molecular formula is C29H40N6O3. The minimum absolute atomic E-state index is 0.0173. The van der Waals surface area contributed by atoms with Crippen molar-refractivity contribution in [1.82, 2.24) is 24.7 Å². The first-order valence-electron chi connectivity index (χ1n) is 13.7. The number of carbonyl (C=O) groups excluding carboxylic acids is 3. The smallest absolute Gasteiger partial charge is 0.223 e. The van der Waals surface area contributed by atoms with Gasteiger partial charge in [-0.3, -0.25) is 24.4 Å². The summed E-state index contributed by atoms with van der Waals surface area (Å²) in [5, 5.41) is 0. The Morgan fingerprint density at radius 2 is 1.63 bits per heavy atom. The van der Waals surface area contributed by atoms with Crippen LogP contribution >= 0.6 is 0 Å². The number of aryl methyl sites for hydroxylation is 1. The van der Waals surface area contributed by atoms with Crippen LogP contribution in [0.2, 0.25) is 0 Å². The number of aromatic nitrogens is 2. The van der Waals surface area contributed by atoms with Crippen molar-refractivity contribution in [1.29, 1.82) is 0 Å². The van der Waals surface area contributed by atoms with Crippen molar-refractivity contribution in [3.63, 3.8) is 0 Å². The molecule has 0 radical (unpaired) electrons. The Bertz CT molecular complexity index is 1110. The van der Waals surface area contributed by atoms with E-state index in [1.54, 1.807) is 20.0 Å². The van der Waals surface area contributed by atoms with E-state index in [1.165, 1.54) is 0 Å². The molecule has 204 valence electrons. The summed E-state index contributed by atoms with van der Waals surface area (Å²) in [5.41, 5.74) is 3.64. The van der Waals surface area contributed by atoms with E-state index in [2.05, 4.69) is 21.9 Å². The highest BCUT2D eigenvalue weighted by Crippen LogP contribution is 2.27. The average molecular weight is 521 g/mol. The number of likely N-dealkylation sites (N-methyl/N-ethyl adjacent to an activating group) is 1. The second-order valence-electron chi connectivity index (χ2n) is 10.5. The molecule has 3 amide bonds. The summed E-state index contributed by atoms with van der Waals surface area (Å²) in [7, 11) is 2.06. The van der Waals surface area contributed by atoms with Crippen LogP contribution in [0.25, 0.3) is 0 Å². The fraction of sp³-hybridized carbons (Fsp3) is 0.552. The molecule has 9 heteroatoms. The molecule has 1 saturated heterocycles. The minimum Gasteiger partial charge on any atom is -0.343 e. The van der Waals surface area contributed by atoms with Crippen molar-refractivity contribution in [2.45, 2.75) is 58.4 Å². The Kier molecular flexibility index (Phi) is 9.44. The number of fused-ring (bicyclic) bond motifs is 1. The van der Waals surface area contributed by atoms with Crippen LogP contribution in [-0.4, -0.2) is 88.7 Å². The third kappa shape index (κ3) is 7.16. The van der Waals surface area contributed by atoms with E-state index in [-0.39, 0.29) is 17.7 Å². The molecule has 1 fully saturated rings. The largest absolute Gasteiger partial charge is 0.343 e. The lowest BCUT2D eigenvalue weighted by Crippen LogP contribution is -2.37. The van der Waals surface area contributed by atoms with E-state index in [0.29, 0.717) is 38.4 Å². The molecule has 2 aliphatic rings. The number of amides is 3. The molecule has 9 nitrogen and oxygen atoms in total. The summed E-state index contributed by atoms with van der Waals surface area (Å²) in [6, 6.07) is 7.90. The molecule has 0 N–H and O–H groups in total. The second kappa shape index (κ2) is 13.0. The molecule has 4 rings (SSSR count). The van der Waals surface area contributed by atoms with Gasteiger partial charge < -0.3 is 19.6 Å². The topological polar surface area (TPSA) is 90.0 Å². The standard InChI is InChI=1S/C29H40N6O3/c1-22(36)33-15-11-24(12-16-33)27-20-30-26(19-31-27)9-10-29(38)34-18-17-32(3)13-6-14-35(23(2)37)28-8-5-4-7-25(28)21-34/h4-5,7-8,19-20,24H,6,9-18,21H2,1-3H3. The molecule has 38 heavy (non-hydrogen) atoms. The highest BCUT2D eigenvalue weighted by Gasteiger charge is 2.24. The fourth-order valence-corrected chi connectivity index (χ4v) is 5.34. The van der Waals surface area contributed by atoms with Crippen LogP contribution in [0.1, 0.15) is 62.4 Å². The molecule has 0 spiro atoms. The maximum atomic E-state index is 13.4. The molecule has 0 unspecified atom stereocenters. The molecule has 0 saturated carbocycles. The molecule has 2 aliphatic heterocycles. The van der Waals surface area contributed by atoms with Crippen LogP contribution in [0.15, 0.2) is 36.7 Å². The van der Waals surface area contributed by atoms with Crippen LogP contribution in [0.4, 0.5) is 5.69 Å². The molecular weight excluding hydrogens is 480 g/mol. The third-order valence-corrected chi connectivity index (χ3v) is 7.73. The first-order valence-corrected chi connectivity index (χ1v) is 13.7. The number of piperidine rings is 1. The van der Waals surface area contributed by atoms with Crippen LogP contribution in [0.3, 0.4) is 0 Å². The molecule has 1 aromatic heterocycles. The maximum Gasteiger partial charge on any atom is 0.223 e. The highest BCUT2D eigenvalue weighted by molar-refractivity contribution is 5.92. The van der Waals surface area contributed by atoms with Crippen LogP contribution in [-0.2, 0) is 27.3 Å². The first-order chi connectivity index (χ1) is 18.3. The number of carbonyl (C=O) groups is 3. The first kappa shape index (κ1) is 27.7. The van der Waals surface area contributed by atoms with Gasteiger partial charge in [-0.15, -0.1) is 0 Å². The number of para-hydroxylation sites is 1. The van der Waals surface area contributed by atoms with Crippen LogP contribution < -0.4 is 4.90 Å². The van der Waals surface area contributed by atoms with Gasteiger partial charge in [0.25, 0.3) is 0 Å². The summed E-state index contributed by atoms with van der Waals surface area (Å²) < 4.78 is 0. The van der Waals surface area contributed by atoms with Gasteiger partial charge in [-0.2, -0.15) is 0 Å². The molecule has 0 atom stereocenters. The molecule has 0 aliphatic carbocycles. The van der Waals surface area contributed by atoms with Crippen molar-refractivity contribution >= 4 is 23.4 Å². The lowest BCUT2D eigenvalue weighted by atomic mass is 9.94. The van der Waals surface area contributed by atoms with Gasteiger partial charge in [0.1, 0.15) is 0 Å². The summed E-state index contributed by atoms with van der Waals surface area (Å²) in [5.74, 6) is 0.536. The Morgan fingerprint density at radius 3 is 2.32 bits per heavy atom. The van der Waals surface area contributed by atoms with Gasteiger partial charge in [0.05, 0.1) is 11.4 Å². The van der Waals surface area contributed by atoms with Gasteiger partial charge in [0.15, 0.2) is 0 Å². The normalized spacial score (nSPS) is 18.0. The van der Waals surface area contributed by atoms with E-state index >= 15 is 0 Å². The molecule has 1 aromatic carbocycles. The zero-order valence-electron chi connectivity index (χ0n) is 22.9. The predicted molar refractivity (Wildman–Crippen MR) is 147 cm³/mol. The van der Waals surface area contributed by atoms with Crippen LogP contribution in [0.5, 0.6) is 0 Å². The Hall–Kier alpha value is -3.33. The van der Waals surface area contributed by atoms with Gasteiger partial charge in [-0.25, -0.2) is 0 Å². The van der Waals surface area contributed by atoms with Gasteiger partial charge in [-0.05, 0) is 50.9 Å². The minimum atomic E-state index is 0.0173. The van der Waals surface area contributed by atoms with E-state index in [9.17, 15) is 14.4 Å². The fourth-order valence-electron chi connectivity index (χ4n) is 5.34. The van der Waals surface area contributed by atoms with Gasteiger partial charge in [-0.1, -0.05) is 18.2 Å². The Balaban J connectivity index is 1.40. The SMILES string of the molecule is CC(=O)N1CCC(c2cnc(CCC(=O)N3CCN(C)CCCN(C(C)=O)c4ccccc4C3)cn2)CC1. The predicted octanol–water partition coefficient (Wildman–Crippen LogP) is 2.85. The number of hydrogen-bond acceptors (Lipinski definition) is 6. The summed E-state index contributed by atoms with van der Waals surface area (Å²) in [6.45, 7) is 8.15.